The summed E-state index contributed by atoms with van der Waals surface area (Å²) in [4.78, 5) is 12.2. The van der Waals surface area contributed by atoms with Gasteiger partial charge in [0.15, 0.2) is 17.4 Å². The van der Waals surface area contributed by atoms with Gasteiger partial charge in [-0.25, -0.2) is 0 Å². The highest BCUT2D eigenvalue weighted by molar-refractivity contribution is 5.70. The largest absolute Gasteiger partial charge is 0.481 e. The van der Waals surface area contributed by atoms with Gasteiger partial charge in [-0.15, -0.1) is 0 Å². The number of hydrogen-bond donors (Lipinski definition) is 3. The van der Waals surface area contributed by atoms with E-state index in [1.807, 2.05) is 20.8 Å². The molecular weight excluding hydrogens is 752 g/mol. The second-order valence-corrected chi connectivity index (χ2v) is 19.9. The molecule has 6 fully saturated rings. The van der Waals surface area contributed by atoms with Crippen molar-refractivity contribution in [3.8, 4) is 0 Å². The van der Waals surface area contributed by atoms with Gasteiger partial charge in [0, 0.05) is 82.7 Å². The lowest BCUT2D eigenvalue weighted by molar-refractivity contribution is -0.366. The maximum atomic E-state index is 12.2. The van der Waals surface area contributed by atoms with Gasteiger partial charge in [0.05, 0.1) is 66.1 Å². The lowest BCUT2D eigenvalue weighted by atomic mass is 9.71. The Morgan fingerprint density at radius 2 is 1.28 bits per heavy atom. The summed E-state index contributed by atoms with van der Waals surface area (Å²) in [5.41, 5.74) is -1.32. The molecule has 6 rings (SSSR count). The van der Waals surface area contributed by atoms with Crippen LogP contribution in [0.3, 0.4) is 0 Å². The van der Waals surface area contributed by atoms with Gasteiger partial charge in [0.1, 0.15) is 12.0 Å². The summed E-state index contributed by atoms with van der Waals surface area (Å²) in [6.45, 7) is 21.6. The van der Waals surface area contributed by atoms with Crippen molar-refractivity contribution >= 4 is 5.97 Å². The molecule has 1 spiro atoms. The molecular formula is C44H76O14. The van der Waals surface area contributed by atoms with Crippen molar-refractivity contribution in [3.05, 3.63) is 0 Å². The first-order valence-corrected chi connectivity index (χ1v) is 21.8. The van der Waals surface area contributed by atoms with Crippen molar-refractivity contribution in [2.24, 2.45) is 47.3 Å². The average Bonchev–Trinajstić information content (AvgIpc) is 3.85. The van der Waals surface area contributed by atoms with Crippen LogP contribution in [0.25, 0.3) is 0 Å². The number of carboxylic acids is 1. The fourth-order valence-corrected chi connectivity index (χ4v) is 12.5. The van der Waals surface area contributed by atoms with E-state index >= 15 is 0 Å². The first-order valence-electron chi connectivity index (χ1n) is 21.8. The highest BCUT2D eigenvalue weighted by Gasteiger charge is 2.64. The van der Waals surface area contributed by atoms with E-state index < -0.39 is 76.9 Å². The number of aliphatic hydroxyl groups is 2. The second-order valence-electron chi connectivity index (χ2n) is 19.9. The molecule has 3 N–H and O–H groups in total. The molecule has 6 saturated heterocycles. The molecule has 0 bridgehead atoms. The van der Waals surface area contributed by atoms with E-state index in [2.05, 4.69) is 34.6 Å². The Morgan fingerprint density at radius 3 is 1.86 bits per heavy atom. The smallest absolute Gasteiger partial charge is 0.311 e. The van der Waals surface area contributed by atoms with E-state index in [0.29, 0.717) is 19.3 Å². The molecule has 2 unspecified atom stereocenters. The third-order valence-corrected chi connectivity index (χ3v) is 16.3. The highest BCUT2D eigenvalue weighted by Crippen LogP contribution is 2.55. The zero-order chi connectivity index (χ0) is 43.1. The van der Waals surface area contributed by atoms with Crippen LogP contribution in [0, 0.1) is 47.3 Å². The maximum absolute atomic E-state index is 12.2. The molecule has 23 atom stereocenters. The zero-order valence-electron chi connectivity index (χ0n) is 37.8. The predicted octanol–water partition coefficient (Wildman–Crippen LogP) is 5.17. The highest BCUT2D eigenvalue weighted by atomic mass is 16.7. The summed E-state index contributed by atoms with van der Waals surface area (Å²) < 4.78 is 65.4. The molecule has 0 radical (unpaired) electrons. The van der Waals surface area contributed by atoms with Crippen LogP contribution >= 0.6 is 0 Å². The number of methoxy groups -OCH3 is 4. The Bertz CT molecular complexity index is 1450. The van der Waals surface area contributed by atoms with E-state index in [-0.39, 0.29) is 66.0 Å². The number of carboxylic acid groups (broad SMARTS) is 1. The molecule has 6 aliphatic rings. The van der Waals surface area contributed by atoms with Crippen LogP contribution in [0.4, 0.5) is 0 Å². The van der Waals surface area contributed by atoms with Gasteiger partial charge in [-0.1, -0.05) is 48.5 Å². The van der Waals surface area contributed by atoms with Crippen LogP contribution in [0.15, 0.2) is 0 Å². The van der Waals surface area contributed by atoms with Gasteiger partial charge >= 0.3 is 5.97 Å². The lowest BCUT2D eigenvalue weighted by Gasteiger charge is -2.55. The van der Waals surface area contributed by atoms with Crippen molar-refractivity contribution in [2.45, 2.75) is 198 Å². The Morgan fingerprint density at radius 1 is 0.672 bits per heavy atom. The summed E-state index contributed by atoms with van der Waals surface area (Å²) in [6, 6.07) is 0. The molecule has 14 nitrogen and oxygen atoms in total. The SMILES string of the molecule is COC1[C@H]([C@H]2O[C@](C)(O)[C@H](C)[C@@H](OC)[C@@H]2C)O[C@@H]([C@]2(C)CC[C@H]([C@]3(C)CC[C@]4(C[C@H](OC)[C@@H](C)C([C@@H](C)[C@H]5O[C@](O)([C@H](C)C(=O)O)[C@H](C)[C@@H](OC)[C@H]5C)O4)O3)O2)[C@H]1C. The second kappa shape index (κ2) is 16.6. The molecule has 0 aliphatic carbocycles. The van der Waals surface area contributed by atoms with Gasteiger partial charge < -0.3 is 62.7 Å². The Balaban J connectivity index is 1.19. The van der Waals surface area contributed by atoms with Crippen LogP contribution < -0.4 is 0 Å². The summed E-state index contributed by atoms with van der Waals surface area (Å²) in [7, 11) is 6.70. The molecule has 14 heteroatoms. The maximum Gasteiger partial charge on any atom is 0.311 e. The van der Waals surface area contributed by atoms with Gasteiger partial charge in [0.2, 0.25) is 0 Å². The van der Waals surface area contributed by atoms with E-state index in [4.69, 9.17) is 47.4 Å². The van der Waals surface area contributed by atoms with Crippen molar-refractivity contribution in [1.82, 2.24) is 0 Å². The minimum absolute atomic E-state index is 0.0300. The normalized spacial score (nSPS) is 54.8. The lowest BCUT2D eigenvalue weighted by Crippen LogP contribution is -2.65. The quantitative estimate of drug-likeness (QED) is 0.249. The molecule has 58 heavy (non-hydrogen) atoms. The standard InChI is InChI=1S/C44H76O14/c1-21-29(49-12)20-43(56-31(21)22(2)32-23(3)34(51-14)27(7)44(48,57-32)28(8)39(45)46)19-18-40(9,58-43)30-16-17-41(10,54-30)38-25(5)35(52-15)37(53-38)36-24(4)33(50-13)26(6)42(11,47)55-36/h21-38,47-48H,16-20H2,1-15H3,(H,45,46)/t21-,22-,23+,24+,25+,26-,27-,28-,29+,30-,31?,32-,33+,34+,35?,36+,37-,38-,40+,41+,42+,43-,44+/m1/s1. The van der Waals surface area contributed by atoms with Crippen molar-refractivity contribution < 1.29 is 67.5 Å². The molecule has 0 saturated carbocycles. The van der Waals surface area contributed by atoms with Crippen LogP contribution in [0.1, 0.15) is 108 Å². The Kier molecular flexibility index (Phi) is 13.3. The molecule has 6 aliphatic heterocycles. The number of rotatable bonds is 11. The van der Waals surface area contributed by atoms with Gasteiger partial charge in [-0.2, -0.15) is 0 Å². The van der Waals surface area contributed by atoms with E-state index in [1.165, 1.54) is 6.92 Å². The van der Waals surface area contributed by atoms with Crippen molar-refractivity contribution in [3.63, 3.8) is 0 Å². The van der Waals surface area contributed by atoms with E-state index in [0.717, 1.165) is 12.8 Å². The molecule has 336 valence electrons. The number of ether oxygens (including phenoxy) is 10. The van der Waals surface area contributed by atoms with Crippen molar-refractivity contribution in [2.75, 3.05) is 28.4 Å². The predicted molar refractivity (Wildman–Crippen MR) is 212 cm³/mol. The van der Waals surface area contributed by atoms with Gasteiger partial charge in [0.25, 0.3) is 0 Å². The molecule has 0 aromatic carbocycles. The van der Waals surface area contributed by atoms with Gasteiger partial charge in [-0.3, -0.25) is 4.79 Å². The third kappa shape index (κ3) is 7.62. The molecule has 6 heterocycles. The fourth-order valence-electron chi connectivity index (χ4n) is 12.5. The molecule has 0 aromatic rings. The fraction of sp³-hybridized carbons (Fsp3) is 0.977. The third-order valence-electron chi connectivity index (χ3n) is 16.3. The number of aliphatic carboxylic acids is 1. The Hall–Kier alpha value is -1.01. The van der Waals surface area contributed by atoms with E-state index in [1.54, 1.807) is 42.3 Å². The summed E-state index contributed by atoms with van der Waals surface area (Å²) in [5.74, 6) is -8.04. The average molecular weight is 829 g/mol. The van der Waals surface area contributed by atoms with Crippen LogP contribution in [-0.2, 0) is 52.2 Å². The minimum Gasteiger partial charge on any atom is -0.481 e. The molecule has 0 aromatic heterocycles. The minimum atomic E-state index is -1.95. The topological polar surface area (TPSA) is 170 Å². The van der Waals surface area contributed by atoms with Crippen LogP contribution in [0.5, 0.6) is 0 Å². The zero-order valence-corrected chi connectivity index (χ0v) is 37.8. The first-order chi connectivity index (χ1) is 27.0. The summed E-state index contributed by atoms with van der Waals surface area (Å²) >= 11 is 0. The van der Waals surface area contributed by atoms with Crippen LogP contribution in [0.2, 0.25) is 0 Å². The summed E-state index contributed by atoms with van der Waals surface area (Å²) in [5, 5.41) is 33.1. The molecule has 0 amide bonds. The summed E-state index contributed by atoms with van der Waals surface area (Å²) in [6.07, 6.45) is -0.175. The number of hydrogen-bond acceptors (Lipinski definition) is 13. The first kappa shape index (κ1) is 46.5. The number of carbonyl (C=O) groups is 1. The Labute approximate surface area is 346 Å². The monoisotopic (exact) mass is 829 g/mol. The van der Waals surface area contributed by atoms with E-state index in [9.17, 15) is 20.1 Å². The van der Waals surface area contributed by atoms with Gasteiger partial charge in [-0.05, 0) is 47.0 Å². The van der Waals surface area contributed by atoms with Crippen LogP contribution in [-0.4, -0.2) is 139 Å². The van der Waals surface area contributed by atoms with Crippen molar-refractivity contribution in [1.29, 1.82) is 0 Å².